The topological polar surface area (TPSA) is 55.6 Å². The summed E-state index contributed by atoms with van der Waals surface area (Å²) >= 11 is 0. The van der Waals surface area contributed by atoms with Crippen molar-refractivity contribution < 1.29 is 9.53 Å². The summed E-state index contributed by atoms with van der Waals surface area (Å²) in [5.74, 6) is 1.43. The lowest BCUT2D eigenvalue weighted by molar-refractivity contribution is -0.128. The third-order valence-electron chi connectivity index (χ3n) is 3.54. The predicted octanol–water partition coefficient (Wildman–Crippen LogP) is 2.04. The van der Waals surface area contributed by atoms with Crippen LogP contribution in [0.15, 0.2) is 18.2 Å². The molecule has 4 heteroatoms. The molecular formula is C14H20N2O2. The second-order valence-corrected chi connectivity index (χ2v) is 4.83. The fourth-order valence-electron chi connectivity index (χ4n) is 2.38. The number of rotatable bonds is 4. The number of anilines is 1. The van der Waals surface area contributed by atoms with E-state index in [9.17, 15) is 4.79 Å². The van der Waals surface area contributed by atoms with Gasteiger partial charge in [-0.2, -0.15) is 0 Å². The smallest absolute Gasteiger partial charge is 0.223 e. The number of nitrogens with zero attached hydrogens (tertiary/aromatic N) is 1. The first-order valence-electron chi connectivity index (χ1n) is 6.34. The van der Waals surface area contributed by atoms with Gasteiger partial charge in [-0.1, -0.05) is 19.4 Å². The molecule has 1 heterocycles. The van der Waals surface area contributed by atoms with Gasteiger partial charge in [-0.15, -0.1) is 0 Å². The van der Waals surface area contributed by atoms with E-state index in [0.717, 1.165) is 18.5 Å². The number of methoxy groups -OCH3 is 1. The molecule has 0 aromatic heterocycles. The van der Waals surface area contributed by atoms with Gasteiger partial charge in [0, 0.05) is 19.5 Å². The summed E-state index contributed by atoms with van der Waals surface area (Å²) < 4.78 is 5.12. The average Bonchev–Trinajstić information content (AvgIpc) is 2.70. The molecule has 0 saturated carbocycles. The van der Waals surface area contributed by atoms with Gasteiger partial charge in [0.25, 0.3) is 0 Å². The van der Waals surface area contributed by atoms with Crippen LogP contribution in [0.2, 0.25) is 0 Å². The maximum Gasteiger partial charge on any atom is 0.223 e. The molecule has 1 aromatic carbocycles. The first-order valence-corrected chi connectivity index (χ1v) is 6.34. The number of carbonyl (C=O) groups excluding carboxylic acids is 1. The number of carbonyl (C=O) groups is 1. The van der Waals surface area contributed by atoms with Crippen LogP contribution in [0.5, 0.6) is 5.75 Å². The number of likely N-dealkylation sites (tertiary alicyclic amines) is 1. The molecule has 1 amide bonds. The number of benzene rings is 1. The van der Waals surface area contributed by atoms with Crippen LogP contribution >= 0.6 is 0 Å². The highest BCUT2D eigenvalue weighted by molar-refractivity contribution is 5.78. The lowest BCUT2D eigenvalue weighted by Crippen LogP contribution is -2.24. The number of ether oxygens (including phenoxy) is 1. The van der Waals surface area contributed by atoms with E-state index in [4.69, 9.17) is 10.5 Å². The molecule has 98 valence electrons. The van der Waals surface area contributed by atoms with Crippen molar-refractivity contribution in [1.29, 1.82) is 0 Å². The standard InChI is InChI=1S/C14H20N2O2/c1-3-10-7-14(17)16(8-10)9-11-4-5-13(18-2)12(15)6-11/h4-6,10H,3,7-9,15H2,1-2H3. The Morgan fingerprint density at radius 1 is 1.50 bits per heavy atom. The summed E-state index contributed by atoms with van der Waals surface area (Å²) in [6, 6.07) is 5.69. The molecule has 1 aliphatic heterocycles. The Morgan fingerprint density at radius 3 is 2.83 bits per heavy atom. The minimum Gasteiger partial charge on any atom is -0.495 e. The van der Waals surface area contributed by atoms with Crippen molar-refractivity contribution in [2.24, 2.45) is 5.92 Å². The monoisotopic (exact) mass is 248 g/mol. The second-order valence-electron chi connectivity index (χ2n) is 4.83. The highest BCUT2D eigenvalue weighted by Crippen LogP contribution is 2.26. The molecule has 0 bridgehead atoms. The van der Waals surface area contributed by atoms with E-state index in [2.05, 4.69) is 6.92 Å². The van der Waals surface area contributed by atoms with Gasteiger partial charge in [0.1, 0.15) is 5.75 Å². The number of nitrogens with two attached hydrogens (primary N) is 1. The maximum atomic E-state index is 11.8. The van der Waals surface area contributed by atoms with Gasteiger partial charge < -0.3 is 15.4 Å². The normalized spacial score (nSPS) is 19.3. The Hall–Kier alpha value is -1.71. The second kappa shape index (κ2) is 5.29. The highest BCUT2D eigenvalue weighted by atomic mass is 16.5. The van der Waals surface area contributed by atoms with Gasteiger partial charge in [0.2, 0.25) is 5.91 Å². The molecule has 1 aliphatic rings. The van der Waals surface area contributed by atoms with Crippen LogP contribution in [0.4, 0.5) is 5.69 Å². The quantitative estimate of drug-likeness (QED) is 0.829. The molecule has 1 atom stereocenters. The predicted molar refractivity (Wildman–Crippen MR) is 71.2 cm³/mol. The average molecular weight is 248 g/mol. The number of hydrogen-bond acceptors (Lipinski definition) is 3. The summed E-state index contributed by atoms with van der Waals surface area (Å²) in [6.07, 6.45) is 1.75. The first kappa shape index (κ1) is 12.7. The van der Waals surface area contributed by atoms with Gasteiger partial charge in [-0.25, -0.2) is 0 Å². The van der Waals surface area contributed by atoms with Gasteiger partial charge in [0.05, 0.1) is 12.8 Å². The molecule has 18 heavy (non-hydrogen) atoms. The van der Waals surface area contributed by atoms with Crippen LogP contribution in [-0.4, -0.2) is 24.5 Å². The fourth-order valence-corrected chi connectivity index (χ4v) is 2.38. The van der Waals surface area contributed by atoms with E-state index in [-0.39, 0.29) is 5.91 Å². The molecule has 1 unspecified atom stereocenters. The molecule has 2 rings (SSSR count). The van der Waals surface area contributed by atoms with Gasteiger partial charge >= 0.3 is 0 Å². The Balaban J connectivity index is 2.06. The van der Waals surface area contributed by atoms with E-state index in [1.54, 1.807) is 7.11 Å². The summed E-state index contributed by atoms with van der Waals surface area (Å²) in [7, 11) is 1.60. The summed E-state index contributed by atoms with van der Waals surface area (Å²) in [5.41, 5.74) is 7.54. The van der Waals surface area contributed by atoms with Crippen molar-refractivity contribution in [2.75, 3.05) is 19.4 Å². The lowest BCUT2D eigenvalue weighted by atomic mass is 10.1. The summed E-state index contributed by atoms with van der Waals surface area (Å²) in [6.45, 7) is 3.64. The molecule has 1 fully saturated rings. The zero-order valence-corrected chi connectivity index (χ0v) is 11.0. The molecule has 0 spiro atoms. The lowest BCUT2D eigenvalue weighted by Gasteiger charge is -2.17. The van der Waals surface area contributed by atoms with E-state index in [1.807, 2.05) is 23.1 Å². The van der Waals surface area contributed by atoms with Crippen molar-refractivity contribution in [3.63, 3.8) is 0 Å². The molecule has 0 radical (unpaired) electrons. The van der Waals surface area contributed by atoms with Crippen molar-refractivity contribution in [1.82, 2.24) is 4.90 Å². The van der Waals surface area contributed by atoms with E-state index in [0.29, 0.717) is 30.3 Å². The van der Waals surface area contributed by atoms with Crippen molar-refractivity contribution in [3.05, 3.63) is 23.8 Å². The SMILES string of the molecule is CCC1CC(=O)N(Cc2ccc(OC)c(N)c2)C1. The Kier molecular flexibility index (Phi) is 3.75. The van der Waals surface area contributed by atoms with Crippen LogP contribution in [-0.2, 0) is 11.3 Å². The fraction of sp³-hybridized carbons (Fsp3) is 0.500. The number of amides is 1. The molecule has 0 aliphatic carbocycles. The maximum absolute atomic E-state index is 11.8. The Morgan fingerprint density at radius 2 is 2.28 bits per heavy atom. The Labute approximate surface area is 108 Å². The van der Waals surface area contributed by atoms with E-state index in [1.165, 1.54) is 0 Å². The van der Waals surface area contributed by atoms with Crippen molar-refractivity contribution in [3.8, 4) is 5.75 Å². The minimum absolute atomic E-state index is 0.247. The zero-order chi connectivity index (χ0) is 13.1. The largest absolute Gasteiger partial charge is 0.495 e. The zero-order valence-electron chi connectivity index (χ0n) is 11.0. The van der Waals surface area contributed by atoms with Crippen molar-refractivity contribution in [2.45, 2.75) is 26.3 Å². The number of hydrogen-bond donors (Lipinski definition) is 1. The molecule has 2 N–H and O–H groups in total. The van der Waals surface area contributed by atoms with Crippen LogP contribution < -0.4 is 10.5 Å². The third-order valence-corrected chi connectivity index (χ3v) is 3.54. The van der Waals surface area contributed by atoms with Crippen LogP contribution in [0.3, 0.4) is 0 Å². The third kappa shape index (κ3) is 2.58. The summed E-state index contributed by atoms with van der Waals surface area (Å²) in [4.78, 5) is 13.7. The Bertz CT molecular complexity index is 445. The van der Waals surface area contributed by atoms with E-state index < -0.39 is 0 Å². The minimum atomic E-state index is 0.247. The van der Waals surface area contributed by atoms with Gasteiger partial charge in [-0.3, -0.25) is 4.79 Å². The van der Waals surface area contributed by atoms with Crippen molar-refractivity contribution >= 4 is 11.6 Å². The van der Waals surface area contributed by atoms with Crippen LogP contribution in [0, 0.1) is 5.92 Å². The van der Waals surface area contributed by atoms with Crippen LogP contribution in [0.1, 0.15) is 25.3 Å². The van der Waals surface area contributed by atoms with Gasteiger partial charge in [-0.05, 0) is 23.6 Å². The van der Waals surface area contributed by atoms with Crippen LogP contribution in [0.25, 0.3) is 0 Å². The molecule has 4 nitrogen and oxygen atoms in total. The molecular weight excluding hydrogens is 228 g/mol. The summed E-state index contributed by atoms with van der Waals surface area (Å²) in [5, 5.41) is 0. The molecule has 1 aromatic rings. The highest BCUT2D eigenvalue weighted by Gasteiger charge is 2.28. The first-order chi connectivity index (χ1) is 8.63. The molecule has 1 saturated heterocycles. The van der Waals surface area contributed by atoms with Gasteiger partial charge in [0.15, 0.2) is 0 Å². The number of nitrogen functional groups attached to an aromatic ring is 1. The van der Waals surface area contributed by atoms with E-state index >= 15 is 0 Å².